The van der Waals surface area contributed by atoms with Gasteiger partial charge in [0.15, 0.2) is 0 Å². The number of nitrogens with two attached hydrogens (primary N) is 1. The van der Waals surface area contributed by atoms with Crippen LogP contribution in [0.4, 0.5) is 11.4 Å². The minimum Gasteiger partial charge on any atom is -0.444 e. The molecule has 0 radical (unpaired) electrons. The van der Waals surface area contributed by atoms with Gasteiger partial charge >= 0.3 is 5.97 Å². The van der Waals surface area contributed by atoms with Crippen LogP contribution in [0.25, 0.3) is 0 Å². The van der Waals surface area contributed by atoms with Crippen molar-refractivity contribution in [3.8, 4) is 0 Å². The van der Waals surface area contributed by atoms with E-state index in [1.165, 1.54) is 12.1 Å². The van der Waals surface area contributed by atoms with Gasteiger partial charge < -0.3 is 15.4 Å². The number of hydrogen-bond donors (Lipinski definition) is 1. The molecular weight excluding hydrogens is 350 g/mol. The van der Waals surface area contributed by atoms with E-state index in [2.05, 4.69) is 0 Å². The summed E-state index contributed by atoms with van der Waals surface area (Å²) in [6, 6.07) is 12.3. The molecule has 27 heavy (non-hydrogen) atoms. The van der Waals surface area contributed by atoms with E-state index in [-0.39, 0.29) is 17.2 Å². The molecule has 0 heterocycles. The summed E-state index contributed by atoms with van der Waals surface area (Å²) in [6.07, 6.45) is -1.14. The molecule has 2 rings (SSSR count). The van der Waals surface area contributed by atoms with Crippen molar-refractivity contribution in [1.82, 2.24) is 4.90 Å². The Kier molecular flexibility index (Phi) is 6.48. The van der Waals surface area contributed by atoms with Crippen molar-refractivity contribution in [3.05, 3.63) is 69.8 Å². The van der Waals surface area contributed by atoms with Crippen LogP contribution in [0.3, 0.4) is 0 Å². The van der Waals surface area contributed by atoms with Gasteiger partial charge in [0.2, 0.25) is 6.10 Å². The lowest BCUT2D eigenvalue weighted by molar-refractivity contribution is -0.383. The van der Waals surface area contributed by atoms with Crippen molar-refractivity contribution in [2.75, 3.05) is 18.8 Å². The number of hydrogen-bond acceptors (Lipinski definition) is 6. The van der Waals surface area contributed by atoms with Crippen molar-refractivity contribution in [1.29, 1.82) is 0 Å². The quantitative estimate of drug-likeness (QED) is 0.346. The lowest BCUT2D eigenvalue weighted by Crippen LogP contribution is -2.36. The normalized spacial score (nSPS) is 11.5. The number of rotatable bonds is 7. The number of esters is 1. The fourth-order valence-electron chi connectivity index (χ4n) is 2.59. The maximum Gasteiger partial charge on any atom is 0.339 e. The number of nitrogen functional groups attached to an aromatic ring is 1. The average Bonchev–Trinajstić information content (AvgIpc) is 2.67. The number of anilines is 1. The highest BCUT2D eigenvalue weighted by Crippen LogP contribution is 2.26. The molecule has 1 amide bonds. The molecular formula is C19H21N3O5. The number of carbonyl (C=O) groups excluding carboxylic acids is 2. The number of amides is 1. The fraction of sp³-hybridized carbons (Fsp3) is 0.263. The number of nitro groups is 1. The molecule has 2 N–H and O–H groups in total. The largest absolute Gasteiger partial charge is 0.444 e. The van der Waals surface area contributed by atoms with Crippen molar-refractivity contribution in [2.45, 2.75) is 20.0 Å². The Balaban J connectivity index is 2.35. The molecule has 1 unspecified atom stereocenters. The second-order valence-electron chi connectivity index (χ2n) is 5.74. The number of nitro benzene ring substituents is 1. The molecule has 0 saturated heterocycles. The van der Waals surface area contributed by atoms with E-state index in [1.54, 1.807) is 35.2 Å². The van der Waals surface area contributed by atoms with Gasteiger partial charge in [-0.05, 0) is 26.0 Å². The summed E-state index contributed by atoms with van der Waals surface area (Å²) < 4.78 is 5.45. The third-order valence-corrected chi connectivity index (χ3v) is 4.09. The molecule has 0 saturated carbocycles. The number of nitrogens with zero attached hydrogens (tertiary/aromatic N) is 2. The molecule has 0 spiro atoms. The molecule has 2 aromatic rings. The first-order chi connectivity index (χ1) is 12.9. The first kappa shape index (κ1) is 19.9. The van der Waals surface area contributed by atoms with E-state index < -0.39 is 22.7 Å². The average molecular weight is 371 g/mol. The van der Waals surface area contributed by atoms with Gasteiger partial charge in [-0.1, -0.05) is 30.3 Å². The number of ether oxygens (including phenoxy) is 1. The summed E-state index contributed by atoms with van der Waals surface area (Å²) in [5.41, 5.74) is 5.57. The Hall–Kier alpha value is -3.42. The Morgan fingerprint density at radius 2 is 1.78 bits per heavy atom. The Morgan fingerprint density at radius 3 is 2.33 bits per heavy atom. The smallest absolute Gasteiger partial charge is 0.339 e. The van der Waals surface area contributed by atoms with Crippen LogP contribution in [0.1, 0.15) is 35.9 Å². The van der Waals surface area contributed by atoms with E-state index in [4.69, 9.17) is 10.5 Å². The van der Waals surface area contributed by atoms with E-state index in [1.807, 2.05) is 13.8 Å². The molecule has 0 aromatic heterocycles. The standard InChI is InChI=1S/C19H21N3O5/c1-3-21(4-2)18(23)17(13-8-6-5-7-9-13)27-19(24)14-10-11-15(20)16(12-14)22(25)26/h5-12,17H,3-4,20H2,1-2H3. The van der Waals surface area contributed by atoms with Gasteiger partial charge in [0.1, 0.15) is 5.69 Å². The van der Waals surface area contributed by atoms with Gasteiger partial charge in [-0.2, -0.15) is 0 Å². The molecule has 0 bridgehead atoms. The topological polar surface area (TPSA) is 116 Å². The highest BCUT2D eigenvalue weighted by Gasteiger charge is 2.29. The zero-order valence-corrected chi connectivity index (χ0v) is 15.1. The van der Waals surface area contributed by atoms with Gasteiger partial charge in [0.05, 0.1) is 10.5 Å². The SMILES string of the molecule is CCN(CC)C(=O)C(OC(=O)c1ccc(N)c([N+](=O)[O-])c1)c1ccccc1. The Morgan fingerprint density at radius 1 is 1.15 bits per heavy atom. The van der Waals surface area contributed by atoms with E-state index in [0.29, 0.717) is 18.7 Å². The highest BCUT2D eigenvalue weighted by atomic mass is 16.6. The summed E-state index contributed by atoms with van der Waals surface area (Å²) in [5, 5.41) is 11.0. The molecule has 0 aliphatic heterocycles. The second kappa shape index (κ2) is 8.79. The fourth-order valence-corrected chi connectivity index (χ4v) is 2.59. The maximum absolute atomic E-state index is 12.8. The van der Waals surface area contributed by atoms with Crippen molar-refractivity contribution < 1.29 is 19.2 Å². The lowest BCUT2D eigenvalue weighted by atomic mass is 10.1. The van der Waals surface area contributed by atoms with Gasteiger partial charge in [-0.15, -0.1) is 0 Å². The summed E-state index contributed by atoms with van der Waals surface area (Å²) in [5.74, 6) is -1.20. The van der Waals surface area contributed by atoms with Crippen molar-refractivity contribution >= 4 is 23.3 Å². The predicted octanol–water partition coefficient (Wildman–Crippen LogP) is 2.94. The third-order valence-electron chi connectivity index (χ3n) is 4.09. The number of likely N-dealkylation sites (N-methyl/N-ethyl adjacent to an activating group) is 1. The highest BCUT2D eigenvalue weighted by molar-refractivity contribution is 5.94. The summed E-state index contributed by atoms with van der Waals surface area (Å²) >= 11 is 0. The van der Waals surface area contributed by atoms with Crippen molar-refractivity contribution in [2.24, 2.45) is 0 Å². The van der Waals surface area contributed by atoms with Crippen LogP contribution in [-0.2, 0) is 9.53 Å². The van der Waals surface area contributed by atoms with E-state index in [9.17, 15) is 19.7 Å². The second-order valence-corrected chi connectivity index (χ2v) is 5.74. The zero-order valence-electron chi connectivity index (χ0n) is 15.1. The minimum absolute atomic E-state index is 0.0517. The van der Waals surface area contributed by atoms with Crippen LogP contribution in [0.5, 0.6) is 0 Å². The number of carbonyl (C=O) groups is 2. The third kappa shape index (κ3) is 4.60. The van der Waals surface area contributed by atoms with E-state index in [0.717, 1.165) is 6.07 Å². The molecule has 0 fully saturated rings. The molecule has 2 aromatic carbocycles. The van der Waals surface area contributed by atoms with Crippen LogP contribution < -0.4 is 5.73 Å². The monoisotopic (exact) mass is 371 g/mol. The first-order valence-corrected chi connectivity index (χ1v) is 8.47. The lowest BCUT2D eigenvalue weighted by Gasteiger charge is -2.25. The molecule has 8 heteroatoms. The maximum atomic E-state index is 12.8. The van der Waals surface area contributed by atoms with Gasteiger partial charge in [-0.3, -0.25) is 14.9 Å². The summed E-state index contributed by atoms with van der Waals surface area (Å²) in [7, 11) is 0. The zero-order chi connectivity index (χ0) is 20.0. The predicted molar refractivity (Wildman–Crippen MR) is 100 cm³/mol. The molecule has 0 aliphatic rings. The molecule has 0 aliphatic carbocycles. The Labute approximate surface area is 156 Å². The summed E-state index contributed by atoms with van der Waals surface area (Å²) in [4.78, 5) is 37.3. The van der Waals surface area contributed by atoms with Crippen LogP contribution in [0, 0.1) is 10.1 Å². The molecule has 8 nitrogen and oxygen atoms in total. The van der Waals surface area contributed by atoms with E-state index >= 15 is 0 Å². The van der Waals surface area contributed by atoms with Crippen molar-refractivity contribution in [3.63, 3.8) is 0 Å². The van der Waals surface area contributed by atoms with Crippen LogP contribution in [0.2, 0.25) is 0 Å². The van der Waals surface area contributed by atoms with Gasteiger partial charge in [-0.25, -0.2) is 4.79 Å². The Bertz CT molecular complexity index is 834. The summed E-state index contributed by atoms with van der Waals surface area (Å²) in [6.45, 7) is 4.58. The van der Waals surface area contributed by atoms with Crippen LogP contribution >= 0.6 is 0 Å². The van der Waals surface area contributed by atoms with Gasteiger partial charge in [0, 0.05) is 24.7 Å². The number of benzene rings is 2. The van der Waals surface area contributed by atoms with Crippen LogP contribution in [-0.4, -0.2) is 34.8 Å². The van der Waals surface area contributed by atoms with Crippen LogP contribution in [0.15, 0.2) is 48.5 Å². The molecule has 1 atom stereocenters. The first-order valence-electron chi connectivity index (χ1n) is 8.47. The molecule has 142 valence electrons. The van der Waals surface area contributed by atoms with Gasteiger partial charge in [0.25, 0.3) is 11.6 Å². The minimum atomic E-state index is -1.14.